The van der Waals surface area contributed by atoms with Crippen LogP contribution in [0.3, 0.4) is 0 Å². The van der Waals surface area contributed by atoms with Gasteiger partial charge in [0.1, 0.15) is 0 Å². The molecule has 9 heteroatoms. The van der Waals surface area contributed by atoms with Crippen molar-refractivity contribution in [3.63, 3.8) is 0 Å². The minimum absolute atomic E-state index is 0.209. The third-order valence-electron chi connectivity index (χ3n) is 3.38. The van der Waals surface area contributed by atoms with Gasteiger partial charge in [0.05, 0.1) is 23.5 Å². The fourth-order valence-electron chi connectivity index (χ4n) is 2.12. The molecule has 2 rings (SSSR count). The first-order valence-electron chi connectivity index (χ1n) is 8.19. The van der Waals surface area contributed by atoms with Gasteiger partial charge >= 0.3 is 5.97 Å². The molecule has 0 atom stereocenters. The van der Waals surface area contributed by atoms with E-state index in [1.165, 1.54) is 13.3 Å². The Labute approximate surface area is 190 Å². The largest absolute Gasteiger partial charge is 0.493 e. The van der Waals surface area contributed by atoms with Gasteiger partial charge in [-0.25, -0.2) is 10.2 Å². The second-order valence-corrected chi connectivity index (χ2v) is 7.74. The van der Waals surface area contributed by atoms with Crippen molar-refractivity contribution in [3.05, 3.63) is 54.7 Å². The van der Waals surface area contributed by atoms with E-state index in [-0.39, 0.29) is 12.5 Å². The summed E-state index contributed by atoms with van der Waals surface area (Å²) in [6, 6.07) is 10.7. The maximum absolute atomic E-state index is 12.1. The highest BCUT2D eigenvalue weighted by Gasteiger charge is 2.13. The van der Waals surface area contributed by atoms with Crippen LogP contribution in [0, 0.1) is 7.14 Å². The van der Waals surface area contributed by atoms with Gasteiger partial charge in [-0.15, -0.1) is 0 Å². The average Bonchev–Trinajstić information content (AvgIpc) is 2.67. The van der Waals surface area contributed by atoms with Gasteiger partial charge in [0.15, 0.2) is 18.1 Å². The molecular formula is C19H18I2N2O5. The number of carbonyl (C=O) groups is 2. The molecule has 0 fully saturated rings. The normalized spacial score (nSPS) is 10.6. The Kier molecular flexibility index (Phi) is 8.96. The number of ether oxygens (including phenoxy) is 3. The van der Waals surface area contributed by atoms with Crippen LogP contribution in [0.2, 0.25) is 0 Å². The molecule has 0 aliphatic rings. The van der Waals surface area contributed by atoms with Crippen LogP contribution in [0.5, 0.6) is 11.5 Å². The van der Waals surface area contributed by atoms with Crippen molar-refractivity contribution in [3.8, 4) is 11.5 Å². The second-order valence-electron chi connectivity index (χ2n) is 5.33. The van der Waals surface area contributed by atoms with E-state index >= 15 is 0 Å². The Hall–Kier alpha value is -1.89. The quantitative estimate of drug-likeness (QED) is 0.215. The molecule has 2 aromatic carbocycles. The van der Waals surface area contributed by atoms with Crippen LogP contribution in [0.25, 0.3) is 0 Å². The molecule has 0 aromatic heterocycles. The minimum Gasteiger partial charge on any atom is -0.493 e. The summed E-state index contributed by atoms with van der Waals surface area (Å²) in [4.78, 5) is 23.6. The van der Waals surface area contributed by atoms with Crippen molar-refractivity contribution >= 4 is 63.3 Å². The summed E-state index contributed by atoms with van der Waals surface area (Å²) in [6.45, 7) is 1.81. The van der Waals surface area contributed by atoms with E-state index in [0.29, 0.717) is 29.2 Å². The van der Waals surface area contributed by atoms with Crippen molar-refractivity contribution in [2.75, 3.05) is 20.3 Å². The van der Waals surface area contributed by atoms with Gasteiger partial charge in [0, 0.05) is 9.13 Å². The lowest BCUT2D eigenvalue weighted by Gasteiger charge is -2.13. The molecule has 0 saturated carbocycles. The summed E-state index contributed by atoms with van der Waals surface area (Å²) >= 11 is 4.25. The number of hydrogen-bond donors (Lipinski definition) is 1. The van der Waals surface area contributed by atoms with E-state index in [9.17, 15) is 9.59 Å². The minimum atomic E-state index is -0.454. The highest BCUT2D eigenvalue weighted by Crippen LogP contribution is 2.33. The molecule has 0 aliphatic heterocycles. The zero-order chi connectivity index (χ0) is 20.5. The fourth-order valence-corrected chi connectivity index (χ4v) is 3.26. The third kappa shape index (κ3) is 6.62. The van der Waals surface area contributed by atoms with Crippen LogP contribution < -0.4 is 14.9 Å². The van der Waals surface area contributed by atoms with Crippen LogP contribution in [0.1, 0.15) is 22.8 Å². The molecular weight excluding hydrogens is 590 g/mol. The first-order chi connectivity index (χ1) is 13.4. The molecule has 0 bridgehead atoms. The number of amides is 1. The van der Waals surface area contributed by atoms with E-state index in [1.807, 2.05) is 12.1 Å². The van der Waals surface area contributed by atoms with Gasteiger partial charge in [-0.2, -0.15) is 5.10 Å². The Morgan fingerprint density at radius 1 is 1.18 bits per heavy atom. The predicted octanol–water partition coefficient (Wildman–Crippen LogP) is 3.61. The van der Waals surface area contributed by atoms with Crippen LogP contribution in [-0.2, 0) is 9.53 Å². The lowest BCUT2D eigenvalue weighted by atomic mass is 10.2. The predicted molar refractivity (Wildman–Crippen MR) is 122 cm³/mol. The van der Waals surface area contributed by atoms with Crippen LogP contribution in [-0.4, -0.2) is 38.4 Å². The number of esters is 1. The SMILES string of the molecule is CCOC(=O)COc1c(I)cc(/C=N\NC(=O)c2ccc(I)cc2)cc1OC. The number of halogens is 2. The van der Waals surface area contributed by atoms with Crippen LogP contribution >= 0.6 is 45.2 Å². The number of carbonyl (C=O) groups excluding carboxylic acids is 2. The molecule has 0 aliphatic carbocycles. The molecule has 1 amide bonds. The van der Waals surface area contributed by atoms with Gasteiger partial charge in [0.25, 0.3) is 5.91 Å². The number of hydrazone groups is 1. The summed E-state index contributed by atoms with van der Waals surface area (Å²) in [5.74, 6) is 0.130. The Morgan fingerprint density at radius 2 is 1.89 bits per heavy atom. The van der Waals surface area contributed by atoms with Crippen molar-refractivity contribution in [2.24, 2.45) is 5.10 Å². The molecule has 0 heterocycles. The van der Waals surface area contributed by atoms with Crippen molar-refractivity contribution in [2.45, 2.75) is 6.92 Å². The van der Waals surface area contributed by atoms with E-state index in [2.05, 4.69) is 55.7 Å². The van der Waals surface area contributed by atoms with Crippen LogP contribution in [0.15, 0.2) is 41.5 Å². The molecule has 0 saturated heterocycles. The first-order valence-corrected chi connectivity index (χ1v) is 10.3. The van der Waals surface area contributed by atoms with Gasteiger partial charge in [-0.3, -0.25) is 4.79 Å². The van der Waals surface area contributed by atoms with E-state index in [0.717, 1.165) is 7.14 Å². The van der Waals surface area contributed by atoms with Crippen molar-refractivity contribution in [1.29, 1.82) is 0 Å². The monoisotopic (exact) mass is 608 g/mol. The number of rotatable bonds is 8. The molecule has 28 heavy (non-hydrogen) atoms. The average molecular weight is 608 g/mol. The topological polar surface area (TPSA) is 86.2 Å². The van der Waals surface area contributed by atoms with Gasteiger partial charge in [0.2, 0.25) is 0 Å². The molecule has 0 radical (unpaired) electrons. The third-order valence-corrected chi connectivity index (χ3v) is 4.90. The maximum Gasteiger partial charge on any atom is 0.344 e. The van der Waals surface area contributed by atoms with Crippen molar-refractivity contribution < 1.29 is 23.8 Å². The zero-order valence-corrected chi connectivity index (χ0v) is 19.5. The zero-order valence-electron chi connectivity index (χ0n) is 15.2. The molecule has 2 aromatic rings. The molecule has 0 spiro atoms. The molecule has 1 N–H and O–H groups in total. The summed E-state index contributed by atoms with van der Waals surface area (Å²) < 4.78 is 17.5. The first kappa shape index (κ1) is 22.4. The molecule has 0 unspecified atom stereocenters. The van der Waals surface area contributed by atoms with Gasteiger partial charge in [-0.05, 0) is 94.1 Å². The van der Waals surface area contributed by atoms with E-state index in [4.69, 9.17) is 14.2 Å². The lowest BCUT2D eigenvalue weighted by molar-refractivity contribution is -0.145. The lowest BCUT2D eigenvalue weighted by Crippen LogP contribution is -2.17. The Bertz CT molecular complexity index is 869. The second kappa shape index (κ2) is 11.2. The summed E-state index contributed by atoms with van der Waals surface area (Å²) in [5.41, 5.74) is 3.71. The van der Waals surface area contributed by atoms with Gasteiger partial charge in [-0.1, -0.05) is 0 Å². The highest BCUT2D eigenvalue weighted by molar-refractivity contribution is 14.1. The number of nitrogens with zero attached hydrogens (tertiary/aromatic N) is 1. The maximum atomic E-state index is 12.1. The van der Waals surface area contributed by atoms with Gasteiger partial charge < -0.3 is 14.2 Å². The summed E-state index contributed by atoms with van der Waals surface area (Å²) in [6.07, 6.45) is 1.50. The number of methoxy groups -OCH3 is 1. The number of nitrogens with one attached hydrogen (secondary N) is 1. The fraction of sp³-hybridized carbons (Fsp3) is 0.211. The Morgan fingerprint density at radius 3 is 2.54 bits per heavy atom. The van der Waals surface area contributed by atoms with Crippen molar-refractivity contribution in [1.82, 2.24) is 5.43 Å². The Balaban J connectivity index is 2.06. The van der Waals surface area contributed by atoms with Crippen LogP contribution in [0.4, 0.5) is 0 Å². The smallest absolute Gasteiger partial charge is 0.344 e. The standard InChI is InChI=1S/C19H18I2N2O5/c1-3-27-17(24)11-28-18-15(21)8-12(9-16(18)26-2)10-22-23-19(25)13-4-6-14(20)7-5-13/h4-10H,3,11H2,1-2H3,(H,23,25)/b22-10-. The molecule has 148 valence electrons. The highest BCUT2D eigenvalue weighted by atomic mass is 127. The number of benzene rings is 2. The number of hydrogen-bond acceptors (Lipinski definition) is 6. The van der Waals surface area contributed by atoms with E-state index < -0.39 is 5.97 Å². The molecule has 7 nitrogen and oxygen atoms in total. The summed E-state index contributed by atoms with van der Waals surface area (Å²) in [7, 11) is 1.50. The van der Waals surface area contributed by atoms with E-state index in [1.54, 1.807) is 31.2 Å². The summed E-state index contributed by atoms with van der Waals surface area (Å²) in [5, 5.41) is 3.98.